The summed E-state index contributed by atoms with van der Waals surface area (Å²) in [6.45, 7) is 6.12. The average molecular weight is 572 g/mol. The van der Waals surface area contributed by atoms with Crippen LogP contribution in [-0.2, 0) is 4.79 Å². The Bertz CT molecular complexity index is 695. The highest BCUT2D eigenvalue weighted by Gasteiger charge is 2.54. The highest BCUT2D eigenvalue weighted by molar-refractivity contribution is 9.11. The Balaban J connectivity index is 2.36. The lowest BCUT2D eigenvalue weighted by Crippen LogP contribution is -2.46. The van der Waals surface area contributed by atoms with Crippen molar-refractivity contribution in [3.63, 3.8) is 0 Å². The summed E-state index contributed by atoms with van der Waals surface area (Å²) in [6, 6.07) is 5.81. The van der Waals surface area contributed by atoms with Crippen LogP contribution in [0, 0.1) is 0 Å². The van der Waals surface area contributed by atoms with Crippen LogP contribution in [0.15, 0.2) is 32.2 Å². The van der Waals surface area contributed by atoms with Crippen LogP contribution in [-0.4, -0.2) is 27.0 Å². The van der Waals surface area contributed by atoms with E-state index in [1.54, 1.807) is 5.01 Å². The van der Waals surface area contributed by atoms with Gasteiger partial charge in [-0.05, 0) is 44.4 Å². The van der Waals surface area contributed by atoms with E-state index in [4.69, 9.17) is 11.6 Å². The summed E-state index contributed by atoms with van der Waals surface area (Å²) in [6.07, 6.45) is 5.26. The molecule has 0 saturated heterocycles. The van der Waals surface area contributed by atoms with Gasteiger partial charge in [0, 0.05) is 15.0 Å². The lowest BCUT2D eigenvalue weighted by atomic mass is 9.90. The summed E-state index contributed by atoms with van der Waals surface area (Å²) in [5, 5.41) is 5.66. The molecule has 0 aliphatic carbocycles. The summed E-state index contributed by atoms with van der Waals surface area (Å²) in [7, 11) is 0. The van der Waals surface area contributed by atoms with Gasteiger partial charge < -0.3 is 0 Å². The third-order valence-corrected chi connectivity index (χ3v) is 7.77. The zero-order valence-electron chi connectivity index (χ0n) is 15.2. The third-order valence-electron chi connectivity index (χ3n) is 4.51. The zero-order valence-corrected chi connectivity index (χ0v) is 20.8. The van der Waals surface area contributed by atoms with E-state index in [0.29, 0.717) is 0 Å². The fourth-order valence-corrected chi connectivity index (χ4v) is 5.54. The number of carbonyl (C=O) groups is 1. The molecule has 0 aromatic heterocycles. The average Bonchev–Trinajstić information content (AvgIpc) is 2.84. The molecule has 1 aromatic rings. The Labute approximate surface area is 186 Å². The molecule has 2 unspecified atom stereocenters. The molecular weight excluding hydrogens is 547 g/mol. The van der Waals surface area contributed by atoms with Crippen molar-refractivity contribution >= 4 is 71.0 Å². The minimum absolute atomic E-state index is 0.00945. The fraction of sp³-hybridized carbons (Fsp3) is 0.579. The molecule has 1 amide bonds. The van der Waals surface area contributed by atoms with Crippen molar-refractivity contribution in [2.75, 3.05) is 0 Å². The lowest BCUT2D eigenvalue weighted by molar-refractivity contribution is -0.132. The molecule has 2 rings (SSSR count). The van der Waals surface area contributed by atoms with E-state index in [-0.39, 0.29) is 11.9 Å². The third kappa shape index (κ3) is 4.56. The van der Waals surface area contributed by atoms with Crippen LogP contribution in [0.4, 0.5) is 0 Å². The van der Waals surface area contributed by atoms with Gasteiger partial charge in [0.1, 0.15) is 0 Å². The minimum atomic E-state index is -1.01. The van der Waals surface area contributed by atoms with Crippen molar-refractivity contribution in [1.82, 2.24) is 5.01 Å². The largest absolute Gasteiger partial charge is 0.271 e. The van der Waals surface area contributed by atoms with Gasteiger partial charge in [-0.2, -0.15) is 5.10 Å². The van der Waals surface area contributed by atoms with Crippen molar-refractivity contribution in [1.29, 1.82) is 0 Å². The van der Waals surface area contributed by atoms with Gasteiger partial charge in [0.25, 0.3) is 5.91 Å². The molecule has 7 heteroatoms. The number of hydrogen-bond donors (Lipinski definition) is 0. The lowest BCUT2D eigenvalue weighted by Gasteiger charge is -2.29. The van der Waals surface area contributed by atoms with Crippen LogP contribution in [0.3, 0.4) is 0 Å². The van der Waals surface area contributed by atoms with Crippen molar-refractivity contribution < 1.29 is 4.79 Å². The monoisotopic (exact) mass is 568 g/mol. The molecule has 2 atom stereocenters. The van der Waals surface area contributed by atoms with Gasteiger partial charge in [0.05, 0.1) is 11.1 Å². The second kappa shape index (κ2) is 9.53. The van der Waals surface area contributed by atoms with E-state index < -0.39 is 9.70 Å². The van der Waals surface area contributed by atoms with Crippen LogP contribution in [0.2, 0.25) is 0 Å². The van der Waals surface area contributed by atoms with E-state index in [1.165, 1.54) is 12.8 Å². The molecule has 26 heavy (non-hydrogen) atoms. The zero-order chi connectivity index (χ0) is 19.5. The first-order valence-electron chi connectivity index (χ1n) is 8.93. The Hall–Kier alpha value is 0.0900. The molecule has 0 fully saturated rings. The number of halogens is 4. The van der Waals surface area contributed by atoms with Crippen LogP contribution in [0.25, 0.3) is 0 Å². The molecular formula is C19H24Br3ClN2O. The maximum atomic E-state index is 13.2. The number of unbranched alkanes of at least 4 members (excludes halogenated alkanes) is 3. The highest BCUT2D eigenvalue weighted by atomic mass is 79.9. The van der Waals surface area contributed by atoms with Crippen molar-refractivity contribution in [2.45, 2.75) is 68.6 Å². The first-order chi connectivity index (χ1) is 12.2. The summed E-state index contributed by atoms with van der Waals surface area (Å²) in [5.41, 5.74) is 1.69. The van der Waals surface area contributed by atoms with Crippen molar-refractivity contribution in [2.24, 2.45) is 5.10 Å². The van der Waals surface area contributed by atoms with Crippen LogP contribution in [0.5, 0.6) is 0 Å². The predicted molar refractivity (Wildman–Crippen MR) is 120 cm³/mol. The molecule has 1 heterocycles. The fourth-order valence-electron chi connectivity index (χ4n) is 3.02. The van der Waals surface area contributed by atoms with Gasteiger partial charge in [-0.25, -0.2) is 5.01 Å². The maximum Gasteiger partial charge on any atom is 0.267 e. The number of amides is 1. The smallest absolute Gasteiger partial charge is 0.267 e. The summed E-state index contributed by atoms with van der Waals surface area (Å²) >= 11 is 17.7. The normalized spacial score (nSPS) is 21.5. The molecule has 1 aliphatic rings. The summed E-state index contributed by atoms with van der Waals surface area (Å²) in [5.74, 6) is -0.0900. The molecule has 3 nitrogen and oxygen atoms in total. The van der Waals surface area contributed by atoms with Crippen LogP contribution >= 0.6 is 59.4 Å². The molecule has 1 aliphatic heterocycles. The number of hydrogen-bond acceptors (Lipinski definition) is 2. The van der Waals surface area contributed by atoms with Crippen LogP contribution < -0.4 is 0 Å². The Morgan fingerprint density at radius 1 is 1.23 bits per heavy atom. The van der Waals surface area contributed by atoms with E-state index in [9.17, 15) is 4.79 Å². The molecule has 0 bridgehead atoms. The Morgan fingerprint density at radius 2 is 1.92 bits per heavy atom. The van der Waals surface area contributed by atoms with E-state index in [1.807, 2.05) is 32.0 Å². The topological polar surface area (TPSA) is 32.7 Å². The number of alkyl halides is 2. The Kier molecular flexibility index (Phi) is 8.20. The SMILES string of the molecule is CCCCCCC1=NN(C(C)C)C(=O)C1(Br)C(Cl)c1ccc(Br)cc1Br. The highest BCUT2D eigenvalue weighted by Crippen LogP contribution is 2.48. The number of benzene rings is 1. The van der Waals surface area contributed by atoms with Gasteiger partial charge in [0.2, 0.25) is 0 Å². The maximum absolute atomic E-state index is 13.2. The predicted octanol–water partition coefficient (Wildman–Crippen LogP) is 7.20. The number of nitrogens with zero attached hydrogens (tertiary/aromatic N) is 2. The standard InChI is InChI=1S/C19H24Br3ClN2O/c1-4-5-6-7-8-16-19(22,18(26)25(24-16)12(2)3)17(23)14-10-9-13(20)11-15(14)21/h9-12,17H,4-8H2,1-3H3. The minimum Gasteiger partial charge on any atom is -0.271 e. The van der Waals surface area contributed by atoms with Gasteiger partial charge in [0.15, 0.2) is 4.32 Å². The van der Waals surface area contributed by atoms with E-state index in [2.05, 4.69) is 59.8 Å². The first-order valence-corrected chi connectivity index (χ1v) is 11.7. The molecule has 0 spiro atoms. The first kappa shape index (κ1) is 22.4. The molecule has 1 aromatic carbocycles. The second-order valence-electron chi connectivity index (χ2n) is 6.84. The van der Waals surface area contributed by atoms with Gasteiger partial charge in [-0.1, -0.05) is 80.0 Å². The molecule has 0 N–H and O–H groups in total. The van der Waals surface area contributed by atoms with E-state index >= 15 is 0 Å². The van der Waals surface area contributed by atoms with Crippen molar-refractivity contribution in [3.05, 3.63) is 32.7 Å². The summed E-state index contributed by atoms with van der Waals surface area (Å²) < 4.78 is 0.809. The molecule has 0 saturated carbocycles. The van der Waals surface area contributed by atoms with Gasteiger partial charge >= 0.3 is 0 Å². The Morgan fingerprint density at radius 3 is 2.50 bits per heavy atom. The van der Waals surface area contributed by atoms with E-state index in [0.717, 1.165) is 39.5 Å². The van der Waals surface area contributed by atoms with Gasteiger partial charge in [-0.3, -0.25) is 4.79 Å². The van der Waals surface area contributed by atoms with Crippen LogP contribution in [0.1, 0.15) is 63.8 Å². The number of carbonyl (C=O) groups excluding carboxylic acids is 1. The van der Waals surface area contributed by atoms with Gasteiger partial charge in [-0.15, -0.1) is 11.6 Å². The second-order valence-corrected chi connectivity index (χ2v) is 10.3. The molecule has 144 valence electrons. The summed E-state index contributed by atoms with van der Waals surface area (Å²) in [4.78, 5) is 13.2. The number of rotatable bonds is 8. The molecule has 0 radical (unpaired) electrons. The van der Waals surface area contributed by atoms with Crippen molar-refractivity contribution in [3.8, 4) is 0 Å². The number of hydrazone groups is 1. The quantitative estimate of drug-likeness (QED) is 0.240.